The molecule has 0 aromatic heterocycles. The summed E-state index contributed by atoms with van der Waals surface area (Å²) in [5, 5.41) is 0. The van der Waals surface area contributed by atoms with Crippen molar-refractivity contribution in [2.75, 3.05) is 20.1 Å². The molecule has 0 bridgehead atoms. The molecule has 1 rings (SSSR count). The highest BCUT2D eigenvalue weighted by molar-refractivity contribution is 5.97. The monoisotopic (exact) mass is 141 g/mol. The van der Waals surface area contributed by atoms with Gasteiger partial charge < -0.3 is 4.90 Å². The summed E-state index contributed by atoms with van der Waals surface area (Å²) in [5.74, 6) is -0.422. The van der Waals surface area contributed by atoms with Crippen LogP contribution in [0.15, 0.2) is 0 Å². The fourth-order valence-corrected chi connectivity index (χ4v) is 0.879. The van der Waals surface area contributed by atoms with Gasteiger partial charge in [0.15, 0.2) is 0 Å². The molecule has 0 N–H and O–H groups in total. The summed E-state index contributed by atoms with van der Waals surface area (Å²) in [6.45, 7) is 4.23. The summed E-state index contributed by atoms with van der Waals surface area (Å²) >= 11 is 0. The maximum Gasteiger partial charge on any atom is 0.326 e. The lowest BCUT2D eigenvalue weighted by atomic mass is 10.5. The normalized spacial score (nSPS) is 18.4. The zero-order chi connectivity index (χ0) is 7.72. The summed E-state index contributed by atoms with van der Waals surface area (Å²) < 4.78 is 0. The number of amides is 3. The van der Waals surface area contributed by atoms with Crippen molar-refractivity contribution < 1.29 is 9.59 Å². The Hall–Kier alpha value is -1.06. The molecule has 3 amide bonds. The van der Waals surface area contributed by atoms with Gasteiger partial charge in [-0.1, -0.05) is 0 Å². The zero-order valence-electron chi connectivity index (χ0n) is 5.83. The molecule has 0 unspecified atom stereocenters. The van der Waals surface area contributed by atoms with Crippen molar-refractivity contribution in [3.63, 3.8) is 0 Å². The number of urea groups is 1. The van der Waals surface area contributed by atoms with Crippen LogP contribution in [0.3, 0.4) is 0 Å². The zero-order valence-corrected chi connectivity index (χ0v) is 5.83. The standard InChI is InChI=1S/C6H9N2O2/c1-5(9)8-4-3-7(2)6(8)10/h1,3-4H2,2H3. The average Bonchev–Trinajstić information content (AvgIpc) is 2.14. The Bertz CT molecular complexity index is 179. The van der Waals surface area contributed by atoms with Gasteiger partial charge in [-0.15, -0.1) is 0 Å². The fraction of sp³-hybridized carbons (Fsp3) is 0.500. The lowest BCUT2D eigenvalue weighted by Crippen LogP contribution is -2.33. The molecule has 4 heteroatoms. The summed E-state index contributed by atoms with van der Waals surface area (Å²) in [6.07, 6.45) is 0. The van der Waals surface area contributed by atoms with E-state index >= 15 is 0 Å². The van der Waals surface area contributed by atoms with E-state index < -0.39 is 5.91 Å². The molecule has 1 fully saturated rings. The highest BCUT2D eigenvalue weighted by Crippen LogP contribution is 2.04. The van der Waals surface area contributed by atoms with E-state index in [4.69, 9.17) is 0 Å². The molecule has 1 aliphatic rings. The van der Waals surface area contributed by atoms with E-state index in [9.17, 15) is 9.59 Å². The first-order valence-corrected chi connectivity index (χ1v) is 3.01. The van der Waals surface area contributed by atoms with Gasteiger partial charge in [-0.25, -0.2) is 4.79 Å². The number of imide groups is 1. The van der Waals surface area contributed by atoms with Gasteiger partial charge in [0, 0.05) is 27.1 Å². The maximum atomic E-state index is 10.9. The van der Waals surface area contributed by atoms with E-state index in [2.05, 4.69) is 6.92 Å². The minimum atomic E-state index is -0.422. The lowest BCUT2D eigenvalue weighted by molar-refractivity contribution is -0.122. The number of hydrogen-bond acceptors (Lipinski definition) is 2. The third-order valence-electron chi connectivity index (χ3n) is 1.52. The van der Waals surface area contributed by atoms with Gasteiger partial charge in [0.25, 0.3) is 0 Å². The van der Waals surface area contributed by atoms with Crippen molar-refractivity contribution in [1.29, 1.82) is 0 Å². The smallest absolute Gasteiger partial charge is 0.326 e. The number of hydrogen-bond donors (Lipinski definition) is 0. The minimum Gasteiger partial charge on any atom is -0.326 e. The Labute approximate surface area is 59.4 Å². The minimum absolute atomic E-state index is 0.250. The number of likely N-dealkylation sites (N-methyl/N-ethyl adjacent to an activating group) is 1. The van der Waals surface area contributed by atoms with E-state index in [-0.39, 0.29) is 6.03 Å². The first-order valence-electron chi connectivity index (χ1n) is 3.01. The Morgan fingerprint density at radius 3 is 2.40 bits per heavy atom. The largest absolute Gasteiger partial charge is 0.326 e. The number of rotatable bonds is 0. The second kappa shape index (κ2) is 2.28. The molecule has 10 heavy (non-hydrogen) atoms. The average molecular weight is 141 g/mol. The van der Waals surface area contributed by atoms with Crippen LogP contribution in [0.25, 0.3) is 0 Å². The summed E-state index contributed by atoms with van der Waals surface area (Å²) in [6, 6.07) is -0.250. The lowest BCUT2D eigenvalue weighted by Gasteiger charge is -2.10. The van der Waals surface area contributed by atoms with Crippen LogP contribution in [0.2, 0.25) is 0 Å². The summed E-state index contributed by atoms with van der Waals surface area (Å²) in [5.41, 5.74) is 0. The van der Waals surface area contributed by atoms with Crippen LogP contribution < -0.4 is 0 Å². The van der Waals surface area contributed by atoms with Crippen LogP contribution in [0.4, 0.5) is 4.79 Å². The van der Waals surface area contributed by atoms with Gasteiger partial charge in [-0.3, -0.25) is 9.69 Å². The molecule has 0 aromatic rings. The molecule has 0 aliphatic carbocycles. The number of nitrogens with zero attached hydrogens (tertiary/aromatic N) is 2. The van der Waals surface area contributed by atoms with Crippen molar-refractivity contribution >= 4 is 11.9 Å². The second-order valence-electron chi connectivity index (χ2n) is 2.25. The van der Waals surface area contributed by atoms with Crippen LogP contribution in [0, 0.1) is 6.92 Å². The highest BCUT2D eigenvalue weighted by Gasteiger charge is 2.27. The van der Waals surface area contributed by atoms with Crippen molar-refractivity contribution in [2.45, 2.75) is 0 Å². The third kappa shape index (κ3) is 0.964. The Morgan fingerprint density at radius 1 is 1.60 bits per heavy atom. The van der Waals surface area contributed by atoms with Crippen LogP contribution >= 0.6 is 0 Å². The van der Waals surface area contributed by atoms with Gasteiger partial charge in [-0.2, -0.15) is 0 Å². The molecule has 0 aromatic carbocycles. The van der Waals surface area contributed by atoms with Gasteiger partial charge in [0.05, 0.1) is 0 Å². The molecule has 0 spiro atoms. The molecular weight excluding hydrogens is 132 g/mol. The number of carbonyl (C=O) groups excluding carboxylic acids is 2. The molecule has 4 nitrogen and oxygen atoms in total. The van der Waals surface area contributed by atoms with E-state index in [0.29, 0.717) is 13.1 Å². The molecule has 1 heterocycles. The Morgan fingerprint density at radius 2 is 2.20 bits per heavy atom. The topological polar surface area (TPSA) is 40.6 Å². The van der Waals surface area contributed by atoms with Crippen LogP contribution in [-0.2, 0) is 4.79 Å². The maximum absolute atomic E-state index is 10.9. The summed E-state index contributed by atoms with van der Waals surface area (Å²) in [4.78, 5) is 24.1. The Kier molecular flexibility index (Phi) is 1.61. The third-order valence-corrected chi connectivity index (χ3v) is 1.52. The van der Waals surface area contributed by atoms with Crippen molar-refractivity contribution in [1.82, 2.24) is 9.80 Å². The fourth-order valence-electron chi connectivity index (χ4n) is 0.879. The SMILES string of the molecule is [CH2]C(=O)N1CCN(C)C1=O. The molecule has 55 valence electrons. The molecule has 1 radical (unpaired) electrons. The first kappa shape index (κ1) is 7.05. The van der Waals surface area contributed by atoms with E-state index in [1.807, 2.05) is 0 Å². The molecular formula is C6H9N2O2. The van der Waals surface area contributed by atoms with E-state index in [0.717, 1.165) is 4.90 Å². The van der Waals surface area contributed by atoms with Gasteiger partial charge in [0.1, 0.15) is 0 Å². The number of carbonyl (C=O) groups is 2. The molecule has 0 atom stereocenters. The predicted octanol–water partition coefficient (Wildman–Crippen LogP) is -0.286. The van der Waals surface area contributed by atoms with Crippen LogP contribution in [0.1, 0.15) is 0 Å². The Balaban J connectivity index is 2.66. The van der Waals surface area contributed by atoms with E-state index in [1.54, 1.807) is 7.05 Å². The van der Waals surface area contributed by atoms with Crippen molar-refractivity contribution in [3.8, 4) is 0 Å². The van der Waals surface area contributed by atoms with Crippen LogP contribution in [-0.4, -0.2) is 41.9 Å². The molecule has 1 aliphatic heterocycles. The van der Waals surface area contributed by atoms with Crippen LogP contribution in [0.5, 0.6) is 0 Å². The van der Waals surface area contributed by atoms with Gasteiger partial charge >= 0.3 is 6.03 Å². The summed E-state index contributed by atoms with van der Waals surface area (Å²) in [7, 11) is 1.66. The highest BCUT2D eigenvalue weighted by atomic mass is 16.2. The van der Waals surface area contributed by atoms with Gasteiger partial charge in [-0.05, 0) is 0 Å². The first-order chi connectivity index (χ1) is 4.63. The molecule has 0 saturated carbocycles. The second-order valence-corrected chi connectivity index (χ2v) is 2.25. The molecule has 1 saturated heterocycles. The van der Waals surface area contributed by atoms with Crippen molar-refractivity contribution in [2.24, 2.45) is 0 Å². The predicted molar refractivity (Wildman–Crippen MR) is 35.1 cm³/mol. The quantitative estimate of drug-likeness (QED) is 0.465. The van der Waals surface area contributed by atoms with E-state index in [1.165, 1.54) is 4.90 Å². The van der Waals surface area contributed by atoms with Crippen molar-refractivity contribution in [3.05, 3.63) is 6.92 Å². The van der Waals surface area contributed by atoms with Gasteiger partial charge in [0.2, 0.25) is 5.91 Å².